The van der Waals surface area contributed by atoms with E-state index < -0.39 is 0 Å². The van der Waals surface area contributed by atoms with E-state index in [1.807, 2.05) is 31.2 Å². The maximum absolute atomic E-state index is 11.8. The molecule has 1 atom stereocenters. The second-order valence-corrected chi connectivity index (χ2v) is 5.09. The maximum atomic E-state index is 11.8. The largest absolute Gasteiger partial charge is 0.490 e. The van der Waals surface area contributed by atoms with E-state index >= 15 is 0 Å². The highest BCUT2D eigenvalue weighted by Crippen LogP contribution is 2.26. The number of amides is 1. The molecule has 5 heteroatoms. The van der Waals surface area contributed by atoms with Crippen LogP contribution >= 0.6 is 0 Å². The molecule has 0 spiro atoms. The minimum atomic E-state index is 0.102. The van der Waals surface area contributed by atoms with Crippen molar-refractivity contribution in [3.63, 3.8) is 0 Å². The number of hydrogen-bond acceptors (Lipinski definition) is 4. The first kappa shape index (κ1) is 15.6. The lowest BCUT2D eigenvalue weighted by molar-refractivity contribution is -0.121. The lowest BCUT2D eigenvalue weighted by Crippen LogP contribution is -2.36. The van der Waals surface area contributed by atoms with Gasteiger partial charge in [-0.1, -0.05) is 12.1 Å². The monoisotopic (exact) mass is 292 g/mol. The van der Waals surface area contributed by atoms with Crippen molar-refractivity contribution in [3.8, 4) is 11.5 Å². The van der Waals surface area contributed by atoms with Crippen LogP contribution < -0.4 is 20.1 Å². The van der Waals surface area contributed by atoms with Gasteiger partial charge in [-0.2, -0.15) is 0 Å². The number of carbonyl (C=O) groups excluding carboxylic acids is 1. The normalized spacial score (nSPS) is 17.5. The molecule has 1 unspecified atom stereocenters. The molecule has 0 aliphatic carbocycles. The van der Waals surface area contributed by atoms with Gasteiger partial charge in [-0.3, -0.25) is 4.79 Å². The van der Waals surface area contributed by atoms with Crippen molar-refractivity contribution < 1.29 is 14.3 Å². The quantitative estimate of drug-likeness (QED) is 0.716. The molecule has 21 heavy (non-hydrogen) atoms. The molecule has 2 rings (SSSR count). The number of hydrogen-bond donors (Lipinski definition) is 2. The summed E-state index contributed by atoms with van der Waals surface area (Å²) in [5, 5.41) is 6.26. The van der Waals surface area contributed by atoms with Crippen molar-refractivity contribution in [1.29, 1.82) is 0 Å². The van der Waals surface area contributed by atoms with Crippen LogP contribution in [0.25, 0.3) is 0 Å². The molecule has 1 amide bonds. The Labute approximate surface area is 126 Å². The van der Waals surface area contributed by atoms with E-state index in [4.69, 9.17) is 9.47 Å². The molecule has 1 aromatic rings. The third-order valence-corrected chi connectivity index (χ3v) is 3.38. The Kier molecular flexibility index (Phi) is 6.34. The molecular weight excluding hydrogens is 268 g/mol. The van der Waals surface area contributed by atoms with Crippen LogP contribution in [0.15, 0.2) is 24.3 Å². The zero-order valence-corrected chi connectivity index (χ0v) is 12.6. The van der Waals surface area contributed by atoms with Gasteiger partial charge in [0.25, 0.3) is 0 Å². The standard InChI is InChI=1S/C16H24N2O3/c1-2-20-14-6-3-4-7-15(14)21-11-5-8-16(19)18-13-9-10-17-12-13/h3-4,6-7,13,17H,2,5,8-12H2,1H3,(H,18,19). The molecular formula is C16H24N2O3. The SMILES string of the molecule is CCOc1ccccc1OCCCC(=O)NC1CCNC1. The molecule has 0 radical (unpaired) electrons. The Bertz CT molecular complexity index is 445. The van der Waals surface area contributed by atoms with Gasteiger partial charge < -0.3 is 20.1 Å². The van der Waals surface area contributed by atoms with Gasteiger partial charge in [0.1, 0.15) is 0 Å². The van der Waals surface area contributed by atoms with Crippen molar-refractivity contribution in [3.05, 3.63) is 24.3 Å². The molecule has 0 saturated carbocycles. The molecule has 1 aliphatic heterocycles. The molecule has 1 heterocycles. The van der Waals surface area contributed by atoms with Gasteiger partial charge in [0.05, 0.1) is 13.2 Å². The predicted octanol–water partition coefficient (Wildman–Crippen LogP) is 1.72. The number of nitrogens with one attached hydrogen (secondary N) is 2. The summed E-state index contributed by atoms with van der Waals surface area (Å²) in [6, 6.07) is 7.89. The van der Waals surface area contributed by atoms with Gasteiger partial charge in [0.2, 0.25) is 5.91 Å². The minimum absolute atomic E-state index is 0.102. The summed E-state index contributed by atoms with van der Waals surface area (Å²) in [6.45, 7) is 4.93. The summed E-state index contributed by atoms with van der Waals surface area (Å²) in [6.07, 6.45) is 2.21. The van der Waals surface area contributed by atoms with E-state index in [2.05, 4.69) is 10.6 Å². The van der Waals surface area contributed by atoms with E-state index in [-0.39, 0.29) is 11.9 Å². The third kappa shape index (κ3) is 5.27. The van der Waals surface area contributed by atoms with Gasteiger partial charge in [0.15, 0.2) is 11.5 Å². The molecule has 1 saturated heterocycles. The maximum Gasteiger partial charge on any atom is 0.220 e. The van der Waals surface area contributed by atoms with Gasteiger partial charge in [0, 0.05) is 19.0 Å². The lowest BCUT2D eigenvalue weighted by atomic mass is 10.2. The van der Waals surface area contributed by atoms with Crippen LogP contribution in [0.5, 0.6) is 11.5 Å². The van der Waals surface area contributed by atoms with E-state index in [0.717, 1.165) is 31.0 Å². The van der Waals surface area contributed by atoms with Gasteiger partial charge in [-0.25, -0.2) is 0 Å². The average Bonchev–Trinajstić information content (AvgIpc) is 2.98. The second kappa shape index (κ2) is 8.52. The van der Waals surface area contributed by atoms with Crippen molar-refractivity contribution in [2.45, 2.75) is 32.2 Å². The first-order valence-electron chi connectivity index (χ1n) is 7.64. The second-order valence-electron chi connectivity index (χ2n) is 5.09. The van der Waals surface area contributed by atoms with Crippen LogP contribution in [-0.2, 0) is 4.79 Å². The fourth-order valence-corrected chi connectivity index (χ4v) is 2.34. The van der Waals surface area contributed by atoms with Crippen molar-refractivity contribution in [1.82, 2.24) is 10.6 Å². The first-order chi connectivity index (χ1) is 10.3. The molecule has 0 bridgehead atoms. The molecule has 5 nitrogen and oxygen atoms in total. The van der Waals surface area contributed by atoms with Crippen molar-refractivity contribution in [2.75, 3.05) is 26.3 Å². The summed E-state index contributed by atoms with van der Waals surface area (Å²) in [4.78, 5) is 11.8. The fraction of sp³-hybridized carbons (Fsp3) is 0.562. The highest BCUT2D eigenvalue weighted by atomic mass is 16.5. The molecule has 116 valence electrons. The number of rotatable bonds is 8. The van der Waals surface area contributed by atoms with Crippen LogP contribution in [0.3, 0.4) is 0 Å². The van der Waals surface area contributed by atoms with Gasteiger partial charge in [-0.15, -0.1) is 0 Å². The topological polar surface area (TPSA) is 59.6 Å². The Morgan fingerprint density at radius 3 is 2.76 bits per heavy atom. The molecule has 1 aliphatic rings. The summed E-state index contributed by atoms with van der Waals surface area (Å²) >= 11 is 0. The smallest absolute Gasteiger partial charge is 0.220 e. The highest BCUT2D eigenvalue weighted by molar-refractivity contribution is 5.76. The average molecular weight is 292 g/mol. The zero-order valence-electron chi connectivity index (χ0n) is 12.6. The van der Waals surface area contributed by atoms with E-state index in [9.17, 15) is 4.79 Å². The van der Waals surface area contributed by atoms with Gasteiger partial charge >= 0.3 is 0 Å². The molecule has 1 aromatic carbocycles. The van der Waals surface area contributed by atoms with Crippen LogP contribution in [0.2, 0.25) is 0 Å². The van der Waals surface area contributed by atoms with Crippen LogP contribution in [0.1, 0.15) is 26.2 Å². The van der Waals surface area contributed by atoms with Crippen LogP contribution in [0, 0.1) is 0 Å². The summed E-state index contributed by atoms with van der Waals surface area (Å²) in [7, 11) is 0. The number of carbonyl (C=O) groups is 1. The zero-order chi connectivity index (χ0) is 14.9. The number of benzene rings is 1. The Morgan fingerprint density at radius 1 is 1.33 bits per heavy atom. The summed E-state index contributed by atoms with van der Waals surface area (Å²) < 4.78 is 11.2. The first-order valence-corrected chi connectivity index (χ1v) is 7.64. The summed E-state index contributed by atoms with van der Waals surface area (Å²) in [5.41, 5.74) is 0. The number of para-hydroxylation sites is 2. The number of ether oxygens (including phenoxy) is 2. The fourth-order valence-electron chi connectivity index (χ4n) is 2.34. The van der Waals surface area contributed by atoms with E-state index in [1.54, 1.807) is 0 Å². The van der Waals surface area contributed by atoms with Crippen molar-refractivity contribution >= 4 is 5.91 Å². The lowest BCUT2D eigenvalue weighted by Gasteiger charge is -2.13. The summed E-state index contributed by atoms with van der Waals surface area (Å²) in [5.74, 6) is 1.59. The molecule has 1 fully saturated rings. The Morgan fingerprint density at radius 2 is 2.10 bits per heavy atom. The third-order valence-electron chi connectivity index (χ3n) is 3.38. The Hall–Kier alpha value is -1.75. The van der Waals surface area contributed by atoms with Crippen molar-refractivity contribution in [2.24, 2.45) is 0 Å². The molecule has 2 N–H and O–H groups in total. The van der Waals surface area contributed by atoms with E-state index in [0.29, 0.717) is 26.1 Å². The van der Waals surface area contributed by atoms with Crippen LogP contribution in [-0.4, -0.2) is 38.3 Å². The Balaban J connectivity index is 1.66. The van der Waals surface area contributed by atoms with Crippen LogP contribution in [0.4, 0.5) is 0 Å². The molecule has 0 aromatic heterocycles. The highest BCUT2D eigenvalue weighted by Gasteiger charge is 2.16. The van der Waals surface area contributed by atoms with E-state index in [1.165, 1.54) is 0 Å². The van der Waals surface area contributed by atoms with Gasteiger partial charge in [-0.05, 0) is 38.4 Å². The minimum Gasteiger partial charge on any atom is -0.490 e. The predicted molar refractivity (Wildman–Crippen MR) is 81.8 cm³/mol.